The molecule has 4 rings (SSSR count). The number of aromatic nitrogens is 1. The minimum absolute atomic E-state index is 0.0716. The zero-order valence-electron chi connectivity index (χ0n) is 14.8. The Kier molecular flexibility index (Phi) is 4.77. The molecule has 3 heterocycles. The normalized spacial score (nSPS) is 24.4. The Bertz CT molecular complexity index is 794. The molecule has 2 aliphatic rings. The molecule has 138 valence electrons. The van der Waals surface area contributed by atoms with E-state index in [1.807, 2.05) is 12.4 Å². The van der Waals surface area contributed by atoms with Crippen molar-refractivity contribution in [2.75, 3.05) is 31.1 Å². The molecule has 2 saturated heterocycles. The number of ether oxygens (including phenoxy) is 1. The third kappa shape index (κ3) is 3.51. The Hall–Kier alpha value is -1.83. The number of nitrogens with zero attached hydrogens (tertiary/aromatic N) is 3. The topological polar surface area (TPSA) is 45.7 Å². The van der Waals surface area contributed by atoms with E-state index in [-0.39, 0.29) is 23.9 Å². The molecule has 5 nitrogen and oxygen atoms in total. The largest absolute Gasteiger partial charge is 0.362 e. The van der Waals surface area contributed by atoms with Gasteiger partial charge in [0.05, 0.1) is 23.4 Å². The van der Waals surface area contributed by atoms with Crippen molar-refractivity contribution >= 4 is 22.9 Å². The number of halogens is 1. The number of amides is 1. The highest BCUT2D eigenvalue weighted by Gasteiger charge is 2.43. The summed E-state index contributed by atoms with van der Waals surface area (Å²) >= 11 is 1.68. The molecule has 0 saturated carbocycles. The van der Waals surface area contributed by atoms with Crippen LogP contribution in [-0.2, 0) is 16.1 Å². The van der Waals surface area contributed by atoms with E-state index in [2.05, 4.69) is 9.88 Å². The molecular weight excluding hydrogens is 353 g/mol. The van der Waals surface area contributed by atoms with Gasteiger partial charge < -0.3 is 9.64 Å². The van der Waals surface area contributed by atoms with Crippen molar-refractivity contribution < 1.29 is 13.9 Å². The van der Waals surface area contributed by atoms with Gasteiger partial charge in [0.2, 0.25) is 0 Å². The van der Waals surface area contributed by atoms with E-state index in [0.717, 1.165) is 43.9 Å². The average molecular weight is 375 g/mol. The molecule has 0 radical (unpaired) electrons. The molecule has 1 spiro atoms. The van der Waals surface area contributed by atoms with Crippen molar-refractivity contribution in [3.05, 3.63) is 46.2 Å². The minimum atomic E-state index is -0.362. The molecule has 1 aromatic heterocycles. The summed E-state index contributed by atoms with van der Waals surface area (Å²) < 4.78 is 19.3. The van der Waals surface area contributed by atoms with Gasteiger partial charge in [0.15, 0.2) is 0 Å². The number of likely N-dealkylation sites (tertiary alicyclic amines) is 1. The second-order valence-corrected chi connectivity index (χ2v) is 8.04. The first kappa shape index (κ1) is 17.6. The summed E-state index contributed by atoms with van der Waals surface area (Å²) in [5, 5.41) is 0. The molecule has 1 unspecified atom stereocenters. The van der Waals surface area contributed by atoms with Gasteiger partial charge in [-0.15, -0.1) is 11.3 Å². The van der Waals surface area contributed by atoms with Crippen LogP contribution in [0.1, 0.15) is 23.4 Å². The van der Waals surface area contributed by atoms with E-state index >= 15 is 0 Å². The maximum Gasteiger partial charge on any atom is 0.253 e. The fourth-order valence-electron chi connectivity index (χ4n) is 3.82. The second kappa shape index (κ2) is 7.06. The van der Waals surface area contributed by atoms with E-state index in [4.69, 9.17) is 4.74 Å². The quantitative estimate of drug-likeness (QED) is 0.827. The molecular formula is C19H22FN3O2S. The van der Waals surface area contributed by atoms with Crippen LogP contribution in [0.25, 0.3) is 0 Å². The van der Waals surface area contributed by atoms with Crippen LogP contribution in [0.15, 0.2) is 29.8 Å². The molecule has 0 N–H and O–H groups in total. The van der Waals surface area contributed by atoms with Crippen LogP contribution in [0.3, 0.4) is 0 Å². The monoisotopic (exact) mass is 375 g/mol. The number of carbonyl (C=O) groups excluding carboxylic acids is 1. The van der Waals surface area contributed by atoms with Gasteiger partial charge in [-0.05, 0) is 50.6 Å². The number of carbonyl (C=O) groups is 1. The lowest BCUT2D eigenvalue weighted by molar-refractivity contribution is -0.146. The van der Waals surface area contributed by atoms with Crippen molar-refractivity contribution in [1.29, 1.82) is 0 Å². The summed E-state index contributed by atoms with van der Waals surface area (Å²) in [4.78, 5) is 22.1. The first-order chi connectivity index (χ1) is 12.5. The van der Waals surface area contributed by atoms with Crippen molar-refractivity contribution in [3.8, 4) is 0 Å². The zero-order chi connectivity index (χ0) is 18.1. The number of aryl methyl sites for hydroxylation is 1. The summed E-state index contributed by atoms with van der Waals surface area (Å²) in [7, 11) is 0. The number of hydrogen-bond acceptors (Lipinski definition) is 5. The lowest BCUT2D eigenvalue weighted by Crippen LogP contribution is -2.61. The summed E-state index contributed by atoms with van der Waals surface area (Å²) in [6.07, 6.45) is 1.96. The van der Waals surface area contributed by atoms with Gasteiger partial charge in [0.1, 0.15) is 12.4 Å². The lowest BCUT2D eigenvalue weighted by Gasteiger charge is -2.47. The highest BCUT2D eigenvalue weighted by molar-refractivity contribution is 7.09. The van der Waals surface area contributed by atoms with Crippen molar-refractivity contribution in [2.45, 2.75) is 31.9 Å². The maximum absolute atomic E-state index is 13.2. The van der Waals surface area contributed by atoms with Crippen LogP contribution in [-0.4, -0.2) is 47.6 Å². The highest BCUT2D eigenvalue weighted by Crippen LogP contribution is 2.32. The van der Waals surface area contributed by atoms with Gasteiger partial charge in [0, 0.05) is 23.7 Å². The first-order valence-corrected chi connectivity index (χ1v) is 9.74. The fourth-order valence-corrected chi connectivity index (χ4v) is 4.64. The van der Waals surface area contributed by atoms with Gasteiger partial charge in [-0.25, -0.2) is 9.37 Å². The van der Waals surface area contributed by atoms with Crippen LogP contribution in [0.5, 0.6) is 0 Å². The number of benzene rings is 1. The number of anilines is 1. The molecule has 2 aliphatic heterocycles. The van der Waals surface area contributed by atoms with Crippen LogP contribution in [0.4, 0.5) is 10.1 Å². The summed E-state index contributed by atoms with van der Waals surface area (Å²) in [5.41, 5.74) is 3.34. The smallest absolute Gasteiger partial charge is 0.253 e. The van der Waals surface area contributed by atoms with Crippen LogP contribution >= 0.6 is 11.3 Å². The Morgan fingerprint density at radius 3 is 2.85 bits per heavy atom. The molecule has 1 amide bonds. The predicted molar refractivity (Wildman–Crippen MR) is 98.8 cm³/mol. The zero-order valence-corrected chi connectivity index (χ0v) is 15.6. The molecule has 26 heavy (non-hydrogen) atoms. The van der Waals surface area contributed by atoms with E-state index in [9.17, 15) is 9.18 Å². The van der Waals surface area contributed by atoms with E-state index in [0.29, 0.717) is 6.54 Å². The van der Waals surface area contributed by atoms with Crippen LogP contribution < -0.4 is 4.90 Å². The van der Waals surface area contributed by atoms with Gasteiger partial charge in [0.25, 0.3) is 5.91 Å². The number of thiazole rings is 1. The third-order valence-corrected chi connectivity index (χ3v) is 6.14. The van der Waals surface area contributed by atoms with Crippen LogP contribution in [0, 0.1) is 12.7 Å². The predicted octanol–water partition coefficient (Wildman–Crippen LogP) is 2.99. The Morgan fingerprint density at radius 2 is 2.12 bits per heavy atom. The van der Waals surface area contributed by atoms with E-state index in [1.165, 1.54) is 17.0 Å². The number of hydrogen-bond donors (Lipinski definition) is 0. The molecule has 0 bridgehead atoms. The van der Waals surface area contributed by atoms with Crippen molar-refractivity contribution in [1.82, 2.24) is 9.88 Å². The highest BCUT2D eigenvalue weighted by atomic mass is 32.1. The lowest BCUT2D eigenvalue weighted by atomic mass is 9.90. The summed E-state index contributed by atoms with van der Waals surface area (Å²) in [5.74, 6) is -0.370. The molecule has 1 aromatic carbocycles. The molecule has 2 fully saturated rings. The molecule has 1 atom stereocenters. The number of morpholine rings is 1. The van der Waals surface area contributed by atoms with Crippen molar-refractivity contribution in [3.63, 3.8) is 0 Å². The SMILES string of the molecule is Cc1ncsc1CN1CCCC2(C1)CN(c1ccc(F)cc1)C(=O)CO2. The maximum atomic E-state index is 13.2. The van der Waals surface area contributed by atoms with E-state index in [1.54, 1.807) is 28.4 Å². The van der Waals surface area contributed by atoms with Crippen molar-refractivity contribution in [2.24, 2.45) is 0 Å². The number of rotatable bonds is 3. The van der Waals surface area contributed by atoms with Gasteiger partial charge in [-0.3, -0.25) is 9.69 Å². The summed E-state index contributed by atoms with van der Waals surface area (Å²) in [6, 6.07) is 6.11. The van der Waals surface area contributed by atoms with Crippen LogP contribution in [0.2, 0.25) is 0 Å². The molecule has 7 heteroatoms. The Balaban J connectivity index is 1.50. The van der Waals surface area contributed by atoms with Gasteiger partial charge >= 0.3 is 0 Å². The third-order valence-electron chi connectivity index (χ3n) is 5.22. The second-order valence-electron chi connectivity index (χ2n) is 7.10. The first-order valence-electron chi connectivity index (χ1n) is 8.86. The molecule has 2 aromatic rings. The van der Waals surface area contributed by atoms with Gasteiger partial charge in [-0.2, -0.15) is 0 Å². The Morgan fingerprint density at radius 1 is 1.31 bits per heavy atom. The standard InChI is InChI=1S/C19H22FN3O2S/c1-14-17(26-13-21-14)9-22-8-2-7-19(11-22)12-23(18(24)10-25-19)16-5-3-15(20)4-6-16/h3-6,13H,2,7-12H2,1H3. The molecule has 0 aliphatic carbocycles. The fraction of sp³-hybridized carbons (Fsp3) is 0.474. The summed E-state index contributed by atoms with van der Waals surface area (Å²) in [6.45, 7) is 5.30. The minimum Gasteiger partial charge on any atom is -0.362 e. The number of piperidine rings is 1. The van der Waals surface area contributed by atoms with E-state index < -0.39 is 0 Å². The van der Waals surface area contributed by atoms with Gasteiger partial charge in [-0.1, -0.05) is 0 Å². The Labute approximate surface area is 156 Å². The average Bonchev–Trinajstić information content (AvgIpc) is 3.03.